The zero-order valence-electron chi connectivity index (χ0n) is 13.3. The lowest BCUT2D eigenvalue weighted by Crippen LogP contribution is -2.17. The molecule has 0 heterocycles. The Morgan fingerprint density at radius 3 is 2.38 bits per heavy atom. The number of halogens is 1. The lowest BCUT2D eigenvalue weighted by molar-refractivity contribution is 0.569. The monoisotopic (exact) mass is 290 g/mol. The van der Waals surface area contributed by atoms with Crippen LogP contribution in [-0.2, 0) is 0 Å². The fourth-order valence-corrected chi connectivity index (χ4v) is 2.50. The van der Waals surface area contributed by atoms with Crippen molar-refractivity contribution in [1.82, 2.24) is 0 Å². The third kappa shape index (κ3) is 7.70. The Balaban J connectivity index is 2.27. The van der Waals surface area contributed by atoms with E-state index in [1.54, 1.807) is 0 Å². The van der Waals surface area contributed by atoms with Crippen molar-refractivity contribution < 1.29 is 4.39 Å². The molecule has 0 radical (unpaired) electrons. The van der Waals surface area contributed by atoms with Gasteiger partial charge in [0, 0.05) is 5.69 Å². The van der Waals surface area contributed by atoms with Crippen LogP contribution >= 0.6 is 0 Å². The quantitative estimate of drug-likeness (QED) is 0.571. The second-order valence-corrected chi connectivity index (χ2v) is 5.75. The van der Waals surface area contributed by atoms with Crippen LogP contribution in [0.25, 0.3) is 0 Å². The molecule has 0 aromatic heterocycles. The van der Waals surface area contributed by atoms with Gasteiger partial charge in [-0.15, -0.1) is 0 Å². The Morgan fingerprint density at radius 1 is 1.10 bits per heavy atom. The van der Waals surface area contributed by atoms with E-state index in [4.69, 9.17) is 0 Å². The number of benzene rings is 1. The molecule has 1 aromatic rings. The summed E-state index contributed by atoms with van der Waals surface area (Å²) in [6.45, 7) is 4.07. The van der Waals surface area contributed by atoms with Gasteiger partial charge in [-0.2, -0.15) is 5.26 Å². The first kappa shape index (κ1) is 17.5. The van der Waals surface area contributed by atoms with Gasteiger partial charge in [-0.05, 0) is 37.1 Å². The summed E-state index contributed by atoms with van der Waals surface area (Å²) in [7, 11) is 0. The van der Waals surface area contributed by atoms with Crippen LogP contribution in [-0.4, -0.2) is 6.04 Å². The van der Waals surface area contributed by atoms with Crippen molar-refractivity contribution in [1.29, 1.82) is 5.26 Å². The number of hydrogen-bond acceptors (Lipinski definition) is 2. The SMILES string of the molecule is CCCCCCCCCC(C#N)Nc1cc(C)cc(F)c1. The zero-order chi connectivity index (χ0) is 15.5. The fourth-order valence-electron chi connectivity index (χ4n) is 2.50. The van der Waals surface area contributed by atoms with Crippen molar-refractivity contribution in [3.63, 3.8) is 0 Å². The van der Waals surface area contributed by atoms with Gasteiger partial charge in [0.15, 0.2) is 0 Å². The van der Waals surface area contributed by atoms with E-state index in [1.807, 2.05) is 13.0 Å². The van der Waals surface area contributed by atoms with Crippen molar-refractivity contribution in [2.45, 2.75) is 71.3 Å². The minimum Gasteiger partial charge on any atom is -0.370 e. The average molecular weight is 290 g/mol. The van der Waals surface area contributed by atoms with E-state index < -0.39 is 0 Å². The molecule has 1 rings (SSSR count). The van der Waals surface area contributed by atoms with Gasteiger partial charge < -0.3 is 5.32 Å². The molecule has 116 valence electrons. The summed E-state index contributed by atoms with van der Waals surface area (Å²) < 4.78 is 13.3. The number of unbranched alkanes of at least 4 members (excludes halogenated alkanes) is 6. The maximum absolute atomic E-state index is 13.3. The topological polar surface area (TPSA) is 35.8 Å². The molecule has 2 nitrogen and oxygen atoms in total. The second kappa shape index (κ2) is 10.2. The molecule has 3 heteroatoms. The Morgan fingerprint density at radius 2 is 1.76 bits per heavy atom. The molecule has 0 saturated heterocycles. The van der Waals surface area contributed by atoms with E-state index in [9.17, 15) is 9.65 Å². The van der Waals surface area contributed by atoms with Gasteiger partial charge >= 0.3 is 0 Å². The summed E-state index contributed by atoms with van der Waals surface area (Å²) in [5.74, 6) is -0.259. The molecule has 0 aliphatic carbocycles. The van der Waals surface area contributed by atoms with Gasteiger partial charge in [0.2, 0.25) is 0 Å². The van der Waals surface area contributed by atoms with E-state index in [0.29, 0.717) is 5.69 Å². The highest BCUT2D eigenvalue weighted by atomic mass is 19.1. The number of nitriles is 1. The normalized spacial score (nSPS) is 11.9. The first-order valence-electron chi connectivity index (χ1n) is 8.09. The molecule has 21 heavy (non-hydrogen) atoms. The predicted molar refractivity (Wildman–Crippen MR) is 86.8 cm³/mol. The fraction of sp³-hybridized carbons (Fsp3) is 0.611. The highest BCUT2D eigenvalue weighted by Gasteiger charge is 2.08. The van der Waals surface area contributed by atoms with Crippen molar-refractivity contribution in [3.05, 3.63) is 29.6 Å². The largest absolute Gasteiger partial charge is 0.370 e. The van der Waals surface area contributed by atoms with E-state index in [-0.39, 0.29) is 11.9 Å². The first-order valence-corrected chi connectivity index (χ1v) is 8.09. The van der Waals surface area contributed by atoms with Crippen LogP contribution in [0.15, 0.2) is 18.2 Å². The third-order valence-corrected chi connectivity index (χ3v) is 3.64. The third-order valence-electron chi connectivity index (χ3n) is 3.64. The van der Waals surface area contributed by atoms with Crippen LogP contribution in [0, 0.1) is 24.1 Å². The van der Waals surface area contributed by atoms with Crippen LogP contribution < -0.4 is 5.32 Å². The van der Waals surface area contributed by atoms with Gasteiger partial charge in [-0.25, -0.2) is 4.39 Å². The van der Waals surface area contributed by atoms with Gasteiger partial charge in [0.1, 0.15) is 11.9 Å². The maximum atomic E-state index is 13.3. The number of nitrogens with zero attached hydrogens (tertiary/aromatic N) is 1. The molecule has 1 aromatic carbocycles. The van der Waals surface area contributed by atoms with E-state index in [1.165, 1.54) is 50.7 Å². The van der Waals surface area contributed by atoms with Crippen LogP contribution in [0.2, 0.25) is 0 Å². The molecule has 0 aliphatic heterocycles. The van der Waals surface area contributed by atoms with Crippen molar-refractivity contribution in [3.8, 4) is 6.07 Å². The summed E-state index contributed by atoms with van der Waals surface area (Å²) in [6, 6.07) is 6.84. The predicted octanol–water partition coefficient (Wildman–Crippen LogP) is 5.58. The van der Waals surface area contributed by atoms with Crippen LogP contribution in [0.3, 0.4) is 0 Å². The molecule has 0 bridgehead atoms. The molecular formula is C18H27FN2. The van der Waals surface area contributed by atoms with E-state index >= 15 is 0 Å². The average Bonchev–Trinajstić information content (AvgIpc) is 2.44. The summed E-state index contributed by atoms with van der Waals surface area (Å²) in [6.07, 6.45) is 9.49. The van der Waals surface area contributed by atoms with E-state index in [0.717, 1.165) is 18.4 Å². The standard InChI is InChI=1S/C18H27FN2/c1-3-4-5-6-7-8-9-10-17(14-20)21-18-12-15(2)11-16(19)13-18/h11-13,17,21H,3-10H2,1-2H3. The number of rotatable bonds is 10. The molecular weight excluding hydrogens is 263 g/mol. The molecule has 0 saturated carbocycles. The minimum absolute atomic E-state index is 0.234. The zero-order valence-corrected chi connectivity index (χ0v) is 13.3. The lowest BCUT2D eigenvalue weighted by Gasteiger charge is -2.13. The molecule has 1 unspecified atom stereocenters. The van der Waals surface area contributed by atoms with Crippen LogP contribution in [0.5, 0.6) is 0 Å². The molecule has 0 aliphatic rings. The number of anilines is 1. The maximum Gasteiger partial charge on any atom is 0.125 e. The van der Waals surface area contributed by atoms with Gasteiger partial charge in [0.05, 0.1) is 6.07 Å². The molecule has 1 atom stereocenters. The summed E-state index contributed by atoms with van der Waals surface area (Å²) in [5, 5.41) is 12.3. The van der Waals surface area contributed by atoms with Crippen molar-refractivity contribution in [2.24, 2.45) is 0 Å². The van der Waals surface area contributed by atoms with Crippen molar-refractivity contribution in [2.75, 3.05) is 5.32 Å². The summed E-state index contributed by atoms with van der Waals surface area (Å²) >= 11 is 0. The summed E-state index contributed by atoms with van der Waals surface area (Å²) in [5.41, 5.74) is 1.56. The van der Waals surface area contributed by atoms with E-state index in [2.05, 4.69) is 18.3 Å². The Bertz CT molecular complexity index is 431. The highest BCUT2D eigenvalue weighted by molar-refractivity contribution is 5.47. The highest BCUT2D eigenvalue weighted by Crippen LogP contribution is 2.16. The Hall–Kier alpha value is -1.56. The number of nitrogens with one attached hydrogen (secondary N) is 1. The molecule has 1 N–H and O–H groups in total. The van der Waals surface area contributed by atoms with Crippen molar-refractivity contribution >= 4 is 5.69 Å². The number of hydrogen-bond donors (Lipinski definition) is 1. The van der Waals surface area contributed by atoms with Gasteiger partial charge in [0.25, 0.3) is 0 Å². The smallest absolute Gasteiger partial charge is 0.125 e. The van der Waals surface area contributed by atoms with Crippen LogP contribution in [0.1, 0.15) is 63.9 Å². The Kier molecular flexibility index (Phi) is 8.50. The first-order chi connectivity index (χ1) is 10.2. The molecule has 0 fully saturated rings. The lowest BCUT2D eigenvalue weighted by atomic mass is 10.1. The molecule has 0 spiro atoms. The van der Waals surface area contributed by atoms with Crippen LogP contribution in [0.4, 0.5) is 10.1 Å². The van der Waals surface area contributed by atoms with Gasteiger partial charge in [-0.1, -0.05) is 51.9 Å². The summed E-state index contributed by atoms with van der Waals surface area (Å²) in [4.78, 5) is 0. The Labute approximate surface area is 128 Å². The molecule has 0 amide bonds. The minimum atomic E-state index is -0.259. The second-order valence-electron chi connectivity index (χ2n) is 5.75. The number of aryl methyl sites for hydroxylation is 1. The van der Waals surface area contributed by atoms with Gasteiger partial charge in [-0.3, -0.25) is 0 Å².